The zero-order valence-electron chi connectivity index (χ0n) is 11.7. The van der Waals surface area contributed by atoms with E-state index < -0.39 is 6.04 Å². The molecular formula is C13H19N5O3. The average molecular weight is 293 g/mol. The van der Waals surface area contributed by atoms with Crippen molar-refractivity contribution in [3.8, 4) is 0 Å². The van der Waals surface area contributed by atoms with E-state index in [-0.39, 0.29) is 31.0 Å². The molecule has 21 heavy (non-hydrogen) atoms. The molecule has 0 aromatic carbocycles. The van der Waals surface area contributed by atoms with Crippen LogP contribution in [-0.4, -0.2) is 58.3 Å². The van der Waals surface area contributed by atoms with Crippen LogP contribution >= 0.6 is 0 Å². The smallest absolute Gasteiger partial charge is 0.245 e. The van der Waals surface area contributed by atoms with Gasteiger partial charge in [-0.2, -0.15) is 5.10 Å². The van der Waals surface area contributed by atoms with Crippen LogP contribution in [-0.2, 0) is 20.9 Å². The van der Waals surface area contributed by atoms with Crippen LogP contribution in [0.4, 0.5) is 5.69 Å². The fourth-order valence-electron chi connectivity index (χ4n) is 2.34. The number of nitrogens with zero attached hydrogens (tertiary/aromatic N) is 3. The summed E-state index contributed by atoms with van der Waals surface area (Å²) < 4.78 is 6.82. The van der Waals surface area contributed by atoms with Gasteiger partial charge in [-0.05, 0) is 12.8 Å². The van der Waals surface area contributed by atoms with Gasteiger partial charge < -0.3 is 20.7 Å². The van der Waals surface area contributed by atoms with E-state index in [0.29, 0.717) is 18.8 Å². The highest BCUT2D eigenvalue weighted by atomic mass is 16.5. The fraction of sp³-hybridized carbons (Fsp3) is 0.615. The van der Waals surface area contributed by atoms with Crippen molar-refractivity contribution in [1.29, 1.82) is 0 Å². The molecule has 1 aliphatic heterocycles. The van der Waals surface area contributed by atoms with Crippen molar-refractivity contribution in [3.63, 3.8) is 0 Å². The molecule has 1 unspecified atom stereocenters. The quantitative estimate of drug-likeness (QED) is 0.739. The number of rotatable bonds is 4. The third-order valence-corrected chi connectivity index (χ3v) is 3.63. The van der Waals surface area contributed by atoms with Gasteiger partial charge in [0.15, 0.2) is 0 Å². The number of amides is 2. The first-order valence-corrected chi connectivity index (χ1v) is 7.09. The van der Waals surface area contributed by atoms with Gasteiger partial charge in [-0.25, -0.2) is 0 Å². The van der Waals surface area contributed by atoms with Gasteiger partial charge >= 0.3 is 0 Å². The molecule has 3 N–H and O–H groups in total. The molecule has 2 aliphatic rings. The fourth-order valence-corrected chi connectivity index (χ4v) is 2.34. The molecule has 8 heteroatoms. The van der Waals surface area contributed by atoms with Crippen molar-refractivity contribution in [3.05, 3.63) is 12.4 Å². The molecule has 2 heterocycles. The van der Waals surface area contributed by atoms with Gasteiger partial charge in [0.05, 0.1) is 25.1 Å². The zero-order valence-corrected chi connectivity index (χ0v) is 11.7. The van der Waals surface area contributed by atoms with Crippen molar-refractivity contribution < 1.29 is 14.3 Å². The van der Waals surface area contributed by atoms with Crippen LogP contribution in [0, 0.1) is 0 Å². The number of aromatic nitrogens is 2. The van der Waals surface area contributed by atoms with Crippen LogP contribution < -0.4 is 11.1 Å². The van der Waals surface area contributed by atoms with Gasteiger partial charge in [0, 0.05) is 18.8 Å². The summed E-state index contributed by atoms with van der Waals surface area (Å²) in [7, 11) is 0. The van der Waals surface area contributed by atoms with E-state index in [4.69, 9.17) is 10.5 Å². The summed E-state index contributed by atoms with van der Waals surface area (Å²) in [4.78, 5) is 26.1. The minimum Gasteiger partial charge on any atom is -0.396 e. The van der Waals surface area contributed by atoms with E-state index >= 15 is 0 Å². The summed E-state index contributed by atoms with van der Waals surface area (Å²) in [5.74, 6) is -0.289. The summed E-state index contributed by atoms with van der Waals surface area (Å²) >= 11 is 0. The average Bonchev–Trinajstić information content (AvgIpc) is 3.20. The molecule has 1 aliphatic carbocycles. The molecule has 1 saturated heterocycles. The Bertz CT molecular complexity index is 540. The molecule has 114 valence electrons. The topological polar surface area (TPSA) is 102 Å². The molecule has 1 aromatic heterocycles. The Balaban J connectivity index is 1.64. The summed E-state index contributed by atoms with van der Waals surface area (Å²) in [5, 5.41) is 6.91. The van der Waals surface area contributed by atoms with Crippen LogP contribution in [0.5, 0.6) is 0 Å². The lowest BCUT2D eigenvalue weighted by molar-refractivity contribution is -0.149. The van der Waals surface area contributed by atoms with Gasteiger partial charge in [0.2, 0.25) is 11.8 Å². The lowest BCUT2D eigenvalue weighted by Crippen LogP contribution is -2.56. The largest absolute Gasteiger partial charge is 0.396 e. The molecule has 3 rings (SSSR count). The number of anilines is 1. The number of morpholine rings is 1. The summed E-state index contributed by atoms with van der Waals surface area (Å²) in [5.41, 5.74) is 6.08. The summed E-state index contributed by atoms with van der Waals surface area (Å²) in [6, 6.07) is -0.290. The van der Waals surface area contributed by atoms with Crippen molar-refractivity contribution in [2.45, 2.75) is 31.5 Å². The van der Waals surface area contributed by atoms with Crippen LogP contribution in [0.3, 0.4) is 0 Å². The highest BCUT2D eigenvalue weighted by Gasteiger charge is 2.35. The summed E-state index contributed by atoms with van der Waals surface area (Å²) in [6.07, 6.45) is 5.11. The van der Waals surface area contributed by atoms with Crippen LogP contribution in [0.1, 0.15) is 12.8 Å². The summed E-state index contributed by atoms with van der Waals surface area (Å²) in [6.45, 7) is 1.18. The first kappa shape index (κ1) is 13.9. The number of carbonyl (C=O) groups is 2. The van der Waals surface area contributed by atoms with Crippen LogP contribution in [0.15, 0.2) is 12.4 Å². The Morgan fingerprint density at radius 1 is 1.48 bits per heavy atom. The minimum atomic E-state index is -0.556. The molecule has 8 nitrogen and oxygen atoms in total. The number of nitrogens with two attached hydrogens (primary N) is 1. The Morgan fingerprint density at radius 3 is 2.95 bits per heavy atom. The normalized spacial score (nSPS) is 22.1. The van der Waals surface area contributed by atoms with E-state index in [2.05, 4.69) is 10.4 Å². The SMILES string of the molecule is Nc1cnn(CC(=O)N2CCOCC2C(=O)NC2CC2)c1. The third-order valence-electron chi connectivity index (χ3n) is 3.63. The molecule has 0 bridgehead atoms. The van der Waals surface area contributed by atoms with Crippen molar-refractivity contribution in [1.82, 2.24) is 20.0 Å². The second-order valence-corrected chi connectivity index (χ2v) is 5.43. The van der Waals surface area contributed by atoms with Gasteiger partial charge in [-0.1, -0.05) is 0 Å². The predicted octanol–water partition coefficient (Wildman–Crippen LogP) is -1.03. The van der Waals surface area contributed by atoms with E-state index in [9.17, 15) is 9.59 Å². The molecule has 0 spiro atoms. The first-order chi connectivity index (χ1) is 10.1. The van der Waals surface area contributed by atoms with E-state index in [1.54, 1.807) is 11.1 Å². The maximum atomic E-state index is 12.4. The maximum Gasteiger partial charge on any atom is 0.245 e. The van der Waals surface area contributed by atoms with Crippen LogP contribution in [0.2, 0.25) is 0 Å². The van der Waals surface area contributed by atoms with Crippen molar-refractivity contribution >= 4 is 17.5 Å². The van der Waals surface area contributed by atoms with Crippen molar-refractivity contribution in [2.24, 2.45) is 0 Å². The molecule has 1 aromatic rings. The number of carbonyl (C=O) groups excluding carboxylic acids is 2. The van der Waals surface area contributed by atoms with E-state index in [1.807, 2.05) is 0 Å². The number of nitrogen functional groups attached to an aromatic ring is 1. The lowest BCUT2D eigenvalue weighted by Gasteiger charge is -2.34. The molecule has 2 amide bonds. The second kappa shape index (κ2) is 5.72. The maximum absolute atomic E-state index is 12.4. The highest BCUT2D eigenvalue weighted by Crippen LogP contribution is 2.19. The Morgan fingerprint density at radius 2 is 2.29 bits per heavy atom. The molecule has 1 atom stereocenters. The highest BCUT2D eigenvalue weighted by molar-refractivity contribution is 5.88. The Hall–Kier alpha value is -2.09. The number of hydrogen-bond donors (Lipinski definition) is 2. The van der Waals surface area contributed by atoms with Gasteiger partial charge in [0.1, 0.15) is 12.6 Å². The molecular weight excluding hydrogens is 274 g/mol. The molecule has 1 saturated carbocycles. The number of hydrogen-bond acceptors (Lipinski definition) is 5. The standard InChI is InChI=1S/C13H19N5O3/c14-9-5-15-17(6-9)7-12(19)18-3-4-21-8-11(18)13(20)16-10-1-2-10/h5-6,10-11H,1-4,7-8,14H2,(H,16,20). The van der Waals surface area contributed by atoms with Gasteiger partial charge in [0.25, 0.3) is 0 Å². The predicted molar refractivity (Wildman–Crippen MR) is 74.1 cm³/mol. The van der Waals surface area contributed by atoms with Gasteiger partial charge in [-0.3, -0.25) is 14.3 Å². The van der Waals surface area contributed by atoms with Crippen molar-refractivity contribution in [2.75, 3.05) is 25.5 Å². The second-order valence-electron chi connectivity index (χ2n) is 5.43. The monoisotopic (exact) mass is 293 g/mol. The lowest BCUT2D eigenvalue weighted by atomic mass is 10.2. The van der Waals surface area contributed by atoms with Gasteiger partial charge in [-0.15, -0.1) is 0 Å². The first-order valence-electron chi connectivity index (χ1n) is 7.09. The van der Waals surface area contributed by atoms with E-state index in [0.717, 1.165) is 12.8 Å². The molecule has 2 fully saturated rings. The number of nitrogens with one attached hydrogen (secondary N) is 1. The Kier molecular flexibility index (Phi) is 3.78. The van der Waals surface area contributed by atoms with Crippen LogP contribution in [0.25, 0.3) is 0 Å². The van der Waals surface area contributed by atoms with E-state index in [1.165, 1.54) is 10.9 Å². The minimum absolute atomic E-state index is 0.0738. The Labute approximate surface area is 122 Å². The number of ether oxygens (including phenoxy) is 1. The third kappa shape index (κ3) is 3.33. The molecule has 0 radical (unpaired) electrons. The zero-order chi connectivity index (χ0) is 14.8.